The minimum absolute atomic E-state index is 0.178. The molecule has 1 heterocycles. The number of benzene rings is 2. The first-order chi connectivity index (χ1) is 10.5. The topological polar surface area (TPSA) is 49.0 Å². The van der Waals surface area contributed by atoms with Crippen molar-refractivity contribution in [2.45, 2.75) is 13.5 Å². The Labute approximate surface area is 127 Å². The molecule has 0 unspecified atom stereocenters. The second-order valence-corrected chi connectivity index (χ2v) is 5.35. The number of aromatic nitrogens is 2. The summed E-state index contributed by atoms with van der Waals surface area (Å²) in [6.45, 7) is 2.18. The van der Waals surface area contributed by atoms with E-state index in [9.17, 15) is 9.18 Å². The first-order valence-electron chi connectivity index (χ1n) is 7.00. The number of hydrogen-bond donors (Lipinski definition) is 1. The molecule has 0 atom stereocenters. The average molecular weight is 297 g/mol. The third-order valence-electron chi connectivity index (χ3n) is 3.62. The lowest BCUT2D eigenvalue weighted by atomic mass is 10.1. The van der Waals surface area contributed by atoms with Gasteiger partial charge in [-0.25, -0.2) is 9.37 Å². The molecule has 0 fully saturated rings. The molecular weight excluding hydrogens is 281 g/mol. The molecular formula is C17H16FN3O. The molecule has 0 saturated heterocycles. The summed E-state index contributed by atoms with van der Waals surface area (Å²) < 4.78 is 13.6. The quantitative estimate of drug-likeness (QED) is 0.808. The Morgan fingerprint density at radius 2 is 2.00 bits per heavy atom. The fourth-order valence-corrected chi connectivity index (χ4v) is 2.34. The Hall–Kier alpha value is -2.69. The van der Waals surface area contributed by atoms with E-state index in [1.165, 1.54) is 6.07 Å². The van der Waals surface area contributed by atoms with E-state index in [0.29, 0.717) is 29.0 Å². The zero-order chi connectivity index (χ0) is 15.7. The maximum Gasteiger partial charge on any atom is 0.260 e. The summed E-state index contributed by atoms with van der Waals surface area (Å²) in [6, 6.07) is 12.3. The van der Waals surface area contributed by atoms with Crippen LogP contribution < -0.4 is 10.5 Å². The van der Waals surface area contributed by atoms with Crippen molar-refractivity contribution in [1.82, 2.24) is 9.97 Å². The number of hydrogen-bond acceptors (Lipinski definition) is 3. The van der Waals surface area contributed by atoms with Gasteiger partial charge in [0, 0.05) is 13.6 Å². The zero-order valence-electron chi connectivity index (χ0n) is 12.4. The Balaban J connectivity index is 1.93. The standard InChI is InChI=1S/C17H16FN3O/c1-11-7-8-12(9-14(11)18)10-21(2)17-19-15-6-4-3-5-13(15)16(22)20-17/h3-9H,10H2,1-2H3,(H,19,20,22). The summed E-state index contributed by atoms with van der Waals surface area (Å²) in [5, 5.41) is 0.557. The van der Waals surface area contributed by atoms with Crippen LogP contribution in [0.1, 0.15) is 11.1 Å². The molecule has 112 valence electrons. The zero-order valence-corrected chi connectivity index (χ0v) is 12.4. The lowest BCUT2D eigenvalue weighted by Crippen LogP contribution is -2.22. The third kappa shape index (κ3) is 2.70. The van der Waals surface area contributed by atoms with Crippen LogP contribution in [0, 0.1) is 12.7 Å². The summed E-state index contributed by atoms with van der Waals surface area (Å²) >= 11 is 0. The maximum atomic E-state index is 13.6. The van der Waals surface area contributed by atoms with E-state index in [0.717, 1.165) is 5.56 Å². The largest absolute Gasteiger partial charge is 0.341 e. The molecule has 3 aromatic rings. The second kappa shape index (κ2) is 5.60. The second-order valence-electron chi connectivity index (χ2n) is 5.35. The fourth-order valence-electron chi connectivity index (χ4n) is 2.34. The number of anilines is 1. The molecule has 0 aliphatic heterocycles. The molecule has 0 saturated carbocycles. The SMILES string of the molecule is Cc1ccc(CN(C)c2nc3ccccc3c(=O)[nH]2)cc1F. The summed E-state index contributed by atoms with van der Waals surface area (Å²) in [6.07, 6.45) is 0. The molecule has 0 radical (unpaired) electrons. The number of fused-ring (bicyclic) bond motifs is 1. The molecule has 0 aliphatic carbocycles. The van der Waals surface area contributed by atoms with Crippen LogP contribution in [0.5, 0.6) is 0 Å². The number of aromatic amines is 1. The number of para-hydroxylation sites is 1. The van der Waals surface area contributed by atoms with Gasteiger partial charge in [0.1, 0.15) is 5.82 Å². The van der Waals surface area contributed by atoms with E-state index in [1.807, 2.05) is 19.2 Å². The van der Waals surface area contributed by atoms with Crippen molar-refractivity contribution in [2.24, 2.45) is 0 Å². The van der Waals surface area contributed by atoms with Crippen LogP contribution in [0.25, 0.3) is 10.9 Å². The monoisotopic (exact) mass is 297 g/mol. The predicted molar refractivity (Wildman–Crippen MR) is 85.6 cm³/mol. The van der Waals surface area contributed by atoms with Crippen molar-refractivity contribution in [3.63, 3.8) is 0 Å². The first-order valence-corrected chi connectivity index (χ1v) is 7.00. The average Bonchev–Trinajstić information content (AvgIpc) is 2.51. The van der Waals surface area contributed by atoms with Crippen LogP contribution in [0.15, 0.2) is 47.3 Å². The highest BCUT2D eigenvalue weighted by Gasteiger charge is 2.09. The van der Waals surface area contributed by atoms with Gasteiger partial charge in [0.15, 0.2) is 0 Å². The van der Waals surface area contributed by atoms with Crippen LogP contribution >= 0.6 is 0 Å². The normalized spacial score (nSPS) is 10.9. The summed E-state index contributed by atoms with van der Waals surface area (Å²) in [4.78, 5) is 21.1. The molecule has 2 aromatic carbocycles. The van der Waals surface area contributed by atoms with Gasteiger partial charge in [-0.05, 0) is 36.2 Å². The Kier molecular flexibility index (Phi) is 3.63. The van der Waals surface area contributed by atoms with E-state index >= 15 is 0 Å². The molecule has 0 amide bonds. The smallest absolute Gasteiger partial charge is 0.260 e. The number of nitrogens with one attached hydrogen (secondary N) is 1. The number of H-pyrrole nitrogens is 1. The van der Waals surface area contributed by atoms with Crippen molar-refractivity contribution in [3.8, 4) is 0 Å². The number of aryl methyl sites for hydroxylation is 1. The molecule has 5 heteroatoms. The van der Waals surface area contributed by atoms with Crippen molar-refractivity contribution in [1.29, 1.82) is 0 Å². The van der Waals surface area contributed by atoms with Crippen LogP contribution in [0.3, 0.4) is 0 Å². The van der Waals surface area contributed by atoms with E-state index < -0.39 is 0 Å². The van der Waals surface area contributed by atoms with Crippen molar-refractivity contribution >= 4 is 16.9 Å². The van der Waals surface area contributed by atoms with Gasteiger partial charge in [-0.1, -0.05) is 24.3 Å². The molecule has 3 rings (SSSR count). The van der Waals surface area contributed by atoms with Crippen LogP contribution in [-0.2, 0) is 6.54 Å². The summed E-state index contributed by atoms with van der Waals surface area (Å²) in [5.41, 5.74) is 1.90. The summed E-state index contributed by atoms with van der Waals surface area (Å²) in [5.74, 6) is 0.232. The summed E-state index contributed by atoms with van der Waals surface area (Å²) in [7, 11) is 1.81. The molecule has 0 spiro atoms. The van der Waals surface area contributed by atoms with Gasteiger partial charge >= 0.3 is 0 Å². The van der Waals surface area contributed by atoms with Crippen LogP contribution in [0.2, 0.25) is 0 Å². The van der Waals surface area contributed by atoms with Gasteiger partial charge in [-0.15, -0.1) is 0 Å². The van der Waals surface area contributed by atoms with Crippen LogP contribution in [-0.4, -0.2) is 17.0 Å². The number of rotatable bonds is 3. The fraction of sp³-hybridized carbons (Fsp3) is 0.176. The molecule has 0 aliphatic rings. The van der Waals surface area contributed by atoms with Gasteiger partial charge in [0.2, 0.25) is 5.95 Å². The number of halogens is 1. The molecule has 22 heavy (non-hydrogen) atoms. The number of nitrogens with zero attached hydrogens (tertiary/aromatic N) is 2. The Morgan fingerprint density at radius 3 is 2.77 bits per heavy atom. The molecule has 0 bridgehead atoms. The molecule has 1 N–H and O–H groups in total. The highest BCUT2D eigenvalue weighted by molar-refractivity contribution is 5.78. The van der Waals surface area contributed by atoms with Gasteiger partial charge in [0.05, 0.1) is 10.9 Å². The van der Waals surface area contributed by atoms with Crippen molar-refractivity contribution < 1.29 is 4.39 Å². The lowest BCUT2D eigenvalue weighted by molar-refractivity contribution is 0.615. The van der Waals surface area contributed by atoms with Gasteiger partial charge < -0.3 is 4.90 Å². The molecule has 4 nitrogen and oxygen atoms in total. The Morgan fingerprint density at radius 1 is 1.23 bits per heavy atom. The lowest BCUT2D eigenvalue weighted by Gasteiger charge is -2.18. The Bertz CT molecular complexity index is 888. The van der Waals surface area contributed by atoms with Crippen molar-refractivity contribution in [2.75, 3.05) is 11.9 Å². The van der Waals surface area contributed by atoms with Crippen molar-refractivity contribution in [3.05, 3.63) is 69.8 Å². The third-order valence-corrected chi connectivity index (χ3v) is 3.62. The minimum Gasteiger partial charge on any atom is -0.341 e. The maximum absolute atomic E-state index is 13.6. The van der Waals surface area contributed by atoms with Gasteiger partial charge in [-0.2, -0.15) is 0 Å². The molecule has 1 aromatic heterocycles. The van der Waals surface area contributed by atoms with Gasteiger partial charge in [-0.3, -0.25) is 9.78 Å². The van der Waals surface area contributed by atoms with Gasteiger partial charge in [0.25, 0.3) is 5.56 Å². The highest BCUT2D eigenvalue weighted by Crippen LogP contribution is 2.15. The first kappa shape index (κ1) is 14.3. The minimum atomic E-state index is -0.231. The highest BCUT2D eigenvalue weighted by atomic mass is 19.1. The van der Waals surface area contributed by atoms with E-state index in [4.69, 9.17) is 0 Å². The van der Waals surface area contributed by atoms with E-state index in [2.05, 4.69) is 9.97 Å². The predicted octanol–water partition coefficient (Wildman–Crippen LogP) is 3.01. The van der Waals surface area contributed by atoms with E-state index in [-0.39, 0.29) is 11.4 Å². The van der Waals surface area contributed by atoms with Crippen LogP contribution in [0.4, 0.5) is 10.3 Å². The van der Waals surface area contributed by atoms with E-state index in [1.54, 1.807) is 36.1 Å².